The van der Waals surface area contributed by atoms with Gasteiger partial charge in [-0.05, 0) is 49.1 Å². The van der Waals surface area contributed by atoms with Gasteiger partial charge < -0.3 is 10.0 Å². The molecule has 3 rings (SSSR count). The summed E-state index contributed by atoms with van der Waals surface area (Å²) in [7, 11) is -3.61. The van der Waals surface area contributed by atoms with Crippen LogP contribution in [0.2, 0.25) is 0 Å². The van der Waals surface area contributed by atoms with E-state index in [4.69, 9.17) is 5.11 Å². The number of carboxylic acids is 1. The summed E-state index contributed by atoms with van der Waals surface area (Å²) in [4.78, 5) is 25.4. The van der Waals surface area contributed by atoms with Gasteiger partial charge in [0, 0.05) is 25.6 Å². The maximum Gasteiger partial charge on any atom is 0.335 e. The third kappa shape index (κ3) is 5.65. The fourth-order valence-corrected chi connectivity index (χ4v) is 4.69. The second-order valence-corrected chi connectivity index (χ2v) is 8.83. The second kappa shape index (κ2) is 9.19. The predicted molar refractivity (Wildman–Crippen MR) is 108 cm³/mol. The highest BCUT2D eigenvalue weighted by Gasteiger charge is 2.27. The molecule has 0 saturated carbocycles. The van der Waals surface area contributed by atoms with E-state index in [9.17, 15) is 18.0 Å². The number of carbonyl (C=O) groups is 2. The van der Waals surface area contributed by atoms with Crippen molar-refractivity contribution in [1.82, 2.24) is 9.62 Å². The molecule has 2 N–H and O–H groups in total. The monoisotopic (exact) mass is 416 g/mol. The molecule has 8 heteroatoms. The van der Waals surface area contributed by atoms with Crippen molar-refractivity contribution in [2.45, 2.75) is 36.6 Å². The van der Waals surface area contributed by atoms with Gasteiger partial charge in [-0.1, -0.05) is 30.3 Å². The van der Waals surface area contributed by atoms with E-state index in [2.05, 4.69) is 4.72 Å². The van der Waals surface area contributed by atoms with Gasteiger partial charge in [0.2, 0.25) is 15.9 Å². The number of benzene rings is 2. The Balaban J connectivity index is 1.54. The summed E-state index contributed by atoms with van der Waals surface area (Å²) in [6.07, 6.45) is 2.23. The van der Waals surface area contributed by atoms with E-state index in [0.717, 1.165) is 12.0 Å². The molecule has 2 aromatic rings. The minimum atomic E-state index is -3.61. The molecule has 2 aromatic carbocycles. The van der Waals surface area contributed by atoms with Gasteiger partial charge in [0.1, 0.15) is 0 Å². The van der Waals surface area contributed by atoms with Crippen molar-refractivity contribution in [2.75, 3.05) is 13.1 Å². The zero-order chi connectivity index (χ0) is 20.9. The highest BCUT2D eigenvalue weighted by atomic mass is 32.2. The third-order valence-electron chi connectivity index (χ3n) is 4.98. The molecule has 154 valence electrons. The summed E-state index contributed by atoms with van der Waals surface area (Å²) in [5.74, 6) is -1.01. The van der Waals surface area contributed by atoms with Gasteiger partial charge in [-0.15, -0.1) is 0 Å². The van der Waals surface area contributed by atoms with Crippen molar-refractivity contribution in [3.8, 4) is 0 Å². The Morgan fingerprint density at radius 3 is 2.41 bits per heavy atom. The number of carbonyl (C=O) groups excluding carboxylic acids is 1. The van der Waals surface area contributed by atoms with Crippen LogP contribution in [0.4, 0.5) is 0 Å². The van der Waals surface area contributed by atoms with Gasteiger partial charge in [-0.3, -0.25) is 4.79 Å². The number of aryl methyl sites for hydroxylation is 1. The number of piperidine rings is 1. The molecule has 1 saturated heterocycles. The first-order valence-electron chi connectivity index (χ1n) is 9.52. The van der Waals surface area contributed by atoms with Crippen molar-refractivity contribution in [3.05, 3.63) is 65.7 Å². The molecule has 1 aliphatic rings. The molecule has 0 unspecified atom stereocenters. The van der Waals surface area contributed by atoms with Gasteiger partial charge in [-0.2, -0.15) is 0 Å². The van der Waals surface area contributed by atoms with Crippen molar-refractivity contribution in [2.24, 2.45) is 0 Å². The van der Waals surface area contributed by atoms with Crippen LogP contribution in [-0.2, 0) is 21.2 Å². The van der Waals surface area contributed by atoms with Crippen LogP contribution in [0.1, 0.15) is 35.2 Å². The quantitative estimate of drug-likeness (QED) is 0.721. The van der Waals surface area contributed by atoms with E-state index in [0.29, 0.717) is 32.4 Å². The lowest BCUT2D eigenvalue weighted by molar-refractivity contribution is -0.132. The largest absolute Gasteiger partial charge is 0.478 e. The Kier molecular flexibility index (Phi) is 6.66. The summed E-state index contributed by atoms with van der Waals surface area (Å²) in [6, 6.07) is 14.4. The molecular weight excluding hydrogens is 392 g/mol. The summed E-state index contributed by atoms with van der Waals surface area (Å²) in [6.45, 7) is 0.962. The molecule has 1 amide bonds. The summed E-state index contributed by atoms with van der Waals surface area (Å²) < 4.78 is 27.7. The van der Waals surface area contributed by atoms with E-state index in [1.54, 1.807) is 47.4 Å². The second-order valence-electron chi connectivity index (χ2n) is 7.12. The molecule has 1 atom stereocenters. The van der Waals surface area contributed by atoms with Crippen LogP contribution >= 0.6 is 0 Å². The number of likely N-dealkylation sites (tertiary alicyclic amines) is 1. The predicted octanol–water partition coefficient (Wildman–Crippen LogP) is 2.29. The number of amides is 1. The van der Waals surface area contributed by atoms with Gasteiger partial charge in [0.15, 0.2) is 0 Å². The Morgan fingerprint density at radius 1 is 1.07 bits per heavy atom. The van der Waals surface area contributed by atoms with Gasteiger partial charge >= 0.3 is 5.97 Å². The summed E-state index contributed by atoms with van der Waals surface area (Å²) in [5.41, 5.74) is 1.10. The van der Waals surface area contributed by atoms with Crippen LogP contribution in [0.15, 0.2) is 59.5 Å². The average Bonchev–Trinajstić information content (AvgIpc) is 2.73. The van der Waals surface area contributed by atoms with Crippen LogP contribution < -0.4 is 4.72 Å². The van der Waals surface area contributed by atoms with Gasteiger partial charge in [0.25, 0.3) is 0 Å². The van der Waals surface area contributed by atoms with Crippen LogP contribution in [-0.4, -0.2) is 49.4 Å². The van der Waals surface area contributed by atoms with Crippen molar-refractivity contribution >= 4 is 21.9 Å². The van der Waals surface area contributed by atoms with Gasteiger partial charge in [0.05, 0.1) is 10.5 Å². The smallest absolute Gasteiger partial charge is 0.335 e. The maximum absolute atomic E-state index is 12.6. The zero-order valence-corrected chi connectivity index (χ0v) is 16.8. The summed E-state index contributed by atoms with van der Waals surface area (Å²) >= 11 is 0. The molecule has 29 heavy (non-hydrogen) atoms. The molecule has 1 aliphatic heterocycles. The van der Waals surface area contributed by atoms with Crippen molar-refractivity contribution in [1.29, 1.82) is 0 Å². The highest BCUT2D eigenvalue weighted by molar-refractivity contribution is 7.89. The van der Waals surface area contributed by atoms with Crippen molar-refractivity contribution < 1.29 is 23.1 Å². The molecule has 0 radical (unpaired) electrons. The number of rotatable bonds is 7. The van der Waals surface area contributed by atoms with Gasteiger partial charge in [-0.25, -0.2) is 17.9 Å². The fourth-order valence-electron chi connectivity index (χ4n) is 3.41. The van der Waals surface area contributed by atoms with Crippen LogP contribution in [0.25, 0.3) is 0 Å². The Hall–Kier alpha value is -2.71. The molecule has 1 heterocycles. The molecular formula is C21H24N2O5S. The van der Waals surface area contributed by atoms with Crippen LogP contribution in [0.5, 0.6) is 0 Å². The summed E-state index contributed by atoms with van der Waals surface area (Å²) in [5, 5.41) is 8.93. The van der Waals surface area contributed by atoms with Crippen LogP contribution in [0, 0.1) is 0 Å². The van der Waals surface area contributed by atoms with Crippen LogP contribution in [0.3, 0.4) is 0 Å². The highest BCUT2D eigenvalue weighted by Crippen LogP contribution is 2.16. The lowest BCUT2D eigenvalue weighted by Crippen LogP contribution is -2.49. The SMILES string of the molecule is O=C(O)c1ccc(CCC(=O)N2CCC[C@@H](NS(=O)(=O)c3ccccc3)C2)cc1. The Labute approximate surface area is 170 Å². The molecule has 0 spiro atoms. The lowest BCUT2D eigenvalue weighted by atomic mass is 10.0. The number of hydrogen-bond donors (Lipinski definition) is 2. The number of nitrogens with one attached hydrogen (secondary N) is 1. The standard InChI is InChI=1S/C21H24N2O5S/c24-20(13-10-16-8-11-17(12-9-16)21(25)26)23-14-4-5-18(15-23)22-29(27,28)19-6-2-1-3-7-19/h1-3,6-9,11-12,18,22H,4-5,10,13-15H2,(H,25,26)/t18-/m1/s1. The normalized spacial score (nSPS) is 17.1. The fraction of sp³-hybridized carbons (Fsp3) is 0.333. The number of hydrogen-bond acceptors (Lipinski definition) is 4. The molecule has 0 aliphatic carbocycles. The minimum absolute atomic E-state index is 0.0316. The third-order valence-corrected chi connectivity index (χ3v) is 6.51. The van der Waals surface area contributed by atoms with E-state index in [-0.39, 0.29) is 22.4 Å². The van der Waals surface area contributed by atoms with E-state index in [1.807, 2.05) is 0 Å². The minimum Gasteiger partial charge on any atom is -0.478 e. The molecule has 0 aromatic heterocycles. The molecule has 1 fully saturated rings. The average molecular weight is 416 g/mol. The lowest BCUT2D eigenvalue weighted by Gasteiger charge is -2.33. The number of sulfonamides is 1. The first-order chi connectivity index (χ1) is 13.8. The maximum atomic E-state index is 12.6. The Bertz CT molecular complexity index is 958. The van der Waals surface area contributed by atoms with E-state index in [1.165, 1.54) is 12.1 Å². The first kappa shape index (κ1) is 21.0. The van der Waals surface area contributed by atoms with Crippen molar-refractivity contribution in [3.63, 3.8) is 0 Å². The molecule has 7 nitrogen and oxygen atoms in total. The van der Waals surface area contributed by atoms with E-state index < -0.39 is 16.0 Å². The van der Waals surface area contributed by atoms with E-state index >= 15 is 0 Å². The zero-order valence-electron chi connectivity index (χ0n) is 16.0. The first-order valence-corrected chi connectivity index (χ1v) is 11.0. The Morgan fingerprint density at radius 2 is 1.76 bits per heavy atom. The number of carboxylic acid groups (broad SMARTS) is 1. The number of nitrogens with zero attached hydrogens (tertiary/aromatic N) is 1. The molecule has 0 bridgehead atoms. The number of aromatic carboxylic acids is 1. The topological polar surface area (TPSA) is 104 Å².